The standard InChI is InChI=1S/C17H10F3N5S/c18-17(19,20)13-4-2-1-3-11(13)5-6-14-24-25-15(22-23-16(25)26-14)12-7-9-21-10-8-12/h1-10H/b6-5+. The fourth-order valence-corrected chi connectivity index (χ4v) is 3.18. The number of rotatable bonds is 3. The van der Waals surface area contributed by atoms with Crippen molar-refractivity contribution in [3.8, 4) is 11.4 Å². The molecule has 0 radical (unpaired) electrons. The highest BCUT2D eigenvalue weighted by Gasteiger charge is 2.32. The van der Waals surface area contributed by atoms with Gasteiger partial charge < -0.3 is 0 Å². The number of halogens is 3. The van der Waals surface area contributed by atoms with Gasteiger partial charge in [0.1, 0.15) is 5.01 Å². The summed E-state index contributed by atoms with van der Waals surface area (Å²) in [5.41, 5.74) is 0.202. The van der Waals surface area contributed by atoms with E-state index in [1.54, 1.807) is 41.2 Å². The number of fused-ring (bicyclic) bond motifs is 1. The Morgan fingerprint density at radius 1 is 0.962 bits per heavy atom. The van der Waals surface area contributed by atoms with Gasteiger partial charge >= 0.3 is 6.18 Å². The molecule has 3 aromatic heterocycles. The molecule has 0 N–H and O–H groups in total. The third-order valence-electron chi connectivity index (χ3n) is 3.62. The number of alkyl halides is 3. The maximum Gasteiger partial charge on any atom is 0.416 e. The number of nitrogens with zero attached hydrogens (tertiary/aromatic N) is 5. The monoisotopic (exact) mass is 373 g/mol. The molecule has 0 unspecified atom stereocenters. The van der Waals surface area contributed by atoms with Crippen molar-refractivity contribution in [2.45, 2.75) is 6.18 Å². The van der Waals surface area contributed by atoms with Gasteiger partial charge in [-0.15, -0.1) is 10.2 Å². The Morgan fingerprint density at radius 2 is 1.73 bits per heavy atom. The van der Waals surface area contributed by atoms with Crippen LogP contribution in [-0.4, -0.2) is 24.8 Å². The van der Waals surface area contributed by atoms with Gasteiger partial charge in [-0.1, -0.05) is 35.6 Å². The molecule has 26 heavy (non-hydrogen) atoms. The highest BCUT2D eigenvalue weighted by Crippen LogP contribution is 2.33. The Bertz CT molecular complexity index is 1080. The zero-order valence-electron chi connectivity index (χ0n) is 13.1. The van der Waals surface area contributed by atoms with Crippen molar-refractivity contribution >= 4 is 28.4 Å². The van der Waals surface area contributed by atoms with Gasteiger partial charge in [0.15, 0.2) is 5.82 Å². The SMILES string of the molecule is FC(F)(F)c1ccccc1/C=C/c1nn2c(-c3ccncc3)nnc2s1. The molecule has 0 spiro atoms. The van der Waals surface area contributed by atoms with Crippen LogP contribution in [0.15, 0.2) is 48.8 Å². The summed E-state index contributed by atoms with van der Waals surface area (Å²) in [5, 5.41) is 13.1. The molecule has 9 heteroatoms. The first-order valence-electron chi connectivity index (χ1n) is 7.49. The first kappa shape index (κ1) is 16.4. The molecule has 0 atom stereocenters. The molecule has 4 rings (SSSR count). The predicted molar refractivity (Wildman–Crippen MR) is 92.3 cm³/mol. The van der Waals surface area contributed by atoms with Crippen molar-refractivity contribution in [1.82, 2.24) is 24.8 Å². The highest BCUT2D eigenvalue weighted by molar-refractivity contribution is 7.17. The van der Waals surface area contributed by atoms with Crippen LogP contribution in [0.3, 0.4) is 0 Å². The van der Waals surface area contributed by atoms with E-state index in [9.17, 15) is 13.2 Å². The van der Waals surface area contributed by atoms with Gasteiger partial charge in [0.25, 0.3) is 0 Å². The summed E-state index contributed by atoms with van der Waals surface area (Å²) in [4.78, 5) is 4.51. The second-order valence-electron chi connectivity index (χ2n) is 5.31. The Labute approximate surface area is 149 Å². The second-order valence-corrected chi connectivity index (χ2v) is 6.30. The molecule has 0 saturated carbocycles. The summed E-state index contributed by atoms with van der Waals surface area (Å²) < 4.78 is 40.7. The van der Waals surface area contributed by atoms with Gasteiger partial charge in [0, 0.05) is 18.0 Å². The lowest BCUT2D eigenvalue weighted by Crippen LogP contribution is -2.06. The molecule has 0 bridgehead atoms. The number of hydrogen-bond donors (Lipinski definition) is 0. The van der Waals surface area contributed by atoms with Gasteiger partial charge in [-0.3, -0.25) is 4.98 Å². The van der Waals surface area contributed by atoms with Crippen molar-refractivity contribution in [3.05, 3.63) is 64.9 Å². The molecule has 1 aromatic carbocycles. The van der Waals surface area contributed by atoms with E-state index in [0.29, 0.717) is 15.8 Å². The number of hydrogen-bond acceptors (Lipinski definition) is 5. The van der Waals surface area contributed by atoms with Crippen molar-refractivity contribution in [3.63, 3.8) is 0 Å². The third kappa shape index (κ3) is 3.08. The molecule has 0 amide bonds. The molecule has 130 valence electrons. The molecule has 0 aliphatic heterocycles. The smallest absolute Gasteiger partial charge is 0.265 e. The minimum Gasteiger partial charge on any atom is -0.265 e. The van der Waals surface area contributed by atoms with Gasteiger partial charge in [0.2, 0.25) is 4.96 Å². The summed E-state index contributed by atoms with van der Waals surface area (Å²) >= 11 is 1.24. The maximum absolute atomic E-state index is 13.1. The van der Waals surface area contributed by atoms with Crippen molar-refractivity contribution < 1.29 is 13.2 Å². The molecule has 5 nitrogen and oxygen atoms in total. The zero-order valence-corrected chi connectivity index (χ0v) is 13.9. The molecular weight excluding hydrogens is 363 g/mol. The fourth-order valence-electron chi connectivity index (χ4n) is 2.44. The zero-order chi connectivity index (χ0) is 18.1. The van der Waals surface area contributed by atoms with Gasteiger partial charge in [0.05, 0.1) is 5.56 Å². The Hall–Kier alpha value is -3.07. The van der Waals surface area contributed by atoms with Crippen molar-refractivity contribution in [2.24, 2.45) is 0 Å². The van der Waals surface area contributed by atoms with Crippen LogP contribution in [-0.2, 0) is 6.18 Å². The minimum atomic E-state index is -4.41. The third-order valence-corrected chi connectivity index (χ3v) is 4.48. The second kappa shape index (κ2) is 6.34. The van der Waals surface area contributed by atoms with E-state index in [0.717, 1.165) is 11.6 Å². The average molecular weight is 373 g/mol. The molecule has 0 aliphatic carbocycles. The van der Waals surface area contributed by atoms with Crippen molar-refractivity contribution in [2.75, 3.05) is 0 Å². The number of benzene rings is 1. The Kier molecular flexibility index (Phi) is 4.00. The first-order chi connectivity index (χ1) is 12.5. The minimum absolute atomic E-state index is 0.0836. The quantitative estimate of drug-likeness (QED) is 0.533. The van der Waals surface area contributed by atoms with E-state index in [1.165, 1.54) is 29.5 Å². The van der Waals surface area contributed by atoms with E-state index in [-0.39, 0.29) is 5.56 Å². The van der Waals surface area contributed by atoms with Crippen LogP contribution in [0.4, 0.5) is 13.2 Å². The molecule has 3 heterocycles. The van der Waals surface area contributed by atoms with E-state index >= 15 is 0 Å². The predicted octanol–water partition coefficient (Wildman–Crippen LogP) is 4.44. The van der Waals surface area contributed by atoms with E-state index in [1.807, 2.05) is 0 Å². The lowest BCUT2D eigenvalue weighted by molar-refractivity contribution is -0.137. The van der Waals surface area contributed by atoms with Crippen LogP contribution in [0, 0.1) is 0 Å². The molecular formula is C17H10F3N5S. The molecule has 0 aliphatic rings. The van der Waals surface area contributed by atoms with Crippen LogP contribution in [0.2, 0.25) is 0 Å². The number of pyridine rings is 1. The Balaban J connectivity index is 1.69. The van der Waals surface area contributed by atoms with Crippen LogP contribution >= 0.6 is 11.3 Å². The maximum atomic E-state index is 13.1. The van der Waals surface area contributed by atoms with Gasteiger partial charge in [-0.05, 0) is 29.8 Å². The van der Waals surface area contributed by atoms with E-state index in [4.69, 9.17) is 0 Å². The highest BCUT2D eigenvalue weighted by atomic mass is 32.1. The summed E-state index contributed by atoms with van der Waals surface area (Å²) in [6.45, 7) is 0. The topological polar surface area (TPSA) is 56.0 Å². The average Bonchev–Trinajstić information content (AvgIpc) is 3.20. The summed E-state index contributed by atoms with van der Waals surface area (Å²) in [6, 6.07) is 8.97. The van der Waals surface area contributed by atoms with Gasteiger partial charge in [-0.25, -0.2) is 0 Å². The molecule has 0 saturated heterocycles. The summed E-state index contributed by atoms with van der Waals surface area (Å²) in [7, 11) is 0. The lowest BCUT2D eigenvalue weighted by Gasteiger charge is -2.09. The molecule has 0 fully saturated rings. The van der Waals surface area contributed by atoms with Crippen LogP contribution < -0.4 is 0 Å². The molecule has 4 aromatic rings. The van der Waals surface area contributed by atoms with Gasteiger partial charge in [-0.2, -0.15) is 22.8 Å². The largest absolute Gasteiger partial charge is 0.416 e. The van der Waals surface area contributed by atoms with Crippen molar-refractivity contribution in [1.29, 1.82) is 0 Å². The van der Waals surface area contributed by atoms with Crippen LogP contribution in [0.5, 0.6) is 0 Å². The van der Waals surface area contributed by atoms with Crippen LogP contribution in [0.1, 0.15) is 16.1 Å². The lowest BCUT2D eigenvalue weighted by atomic mass is 10.1. The normalized spacial score (nSPS) is 12.3. The summed E-state index contributed by atoms with van der Waals surface area (Å²) in [5.74, 6) is 0.550. The van der Waals surface area contributed by atoms with E-state index in [2.05, 4.69) is 20.3 Å². The van der Waals surface area contributed by atoms with E-state index < -0.39 is 11.7 Å². The fraction of sp³-hybridized carbons (Fsp3) is 0.0588. The first-order valence-corrected chi connectivity index (χ1v) is 8.31. The summed E-state index contributed by atoms with van der Waals surface area (Å²) in [6.07, 6.45) is 1.81. The number of aromatic nitrogens is 5. The Morgan fingerprint density at radius 3 is 2.50 bits per heavy atom. The van der Waals surface area contributed by atoms with Crippen LogP contribution in [0.25, 0.3) is 28.5 Å².